The highest BCUT2D eigenvalue weighted by Crippen LogP contribution is 2.35. The second-order valence-corrected chi connectivity index (χ2v) is 6.97. The van der Waals surface area contributed by atoms with Gasteiger partial charge in [0.25, 0.3) is 5.91 Å². The third-order valence-electron chi connectivity index (χ3n) is 3.68. The van der Waals surface area contributed by atoms with Gasteiger partial charge in [-0.25, -0.2) is 4.79 Å². The summed E-state index contributed by atoms with van der Waals surface area (Å²) in [5, 5.41) is 0. The van der Waals surface area contributed by atoms with Crippen LogP contribution in [-0.4, -0.2) is 49.2 Å². The number of hydrogen-bond acceptors (Lipinski definition) is 5. The SMILES string of the molecule is COc1cc(C(=O)O[C@H](C)C(=O)N(C(C)C)C(C)C)cc(OC)c1Br. The van der Waals surface area contributed by atoms with E-state index in [1.165, 1.54) is 26.4 Å². The largest absolute Gasteiger partial charge is 0.495 e. The summed E-state index contributed by atoms with van der Waals surface area (Å²) in [6.45, 7) is 9.28. The third-order valence-corrected chi connectivity index (χ3v) is 4.46. The summed E-state index contributed by atoms with van der Waals surface area (Å²) in [6, 6.07) is 3.10. The first-order valence-corrected chi connectivity index (χ1v) is 8.87. The fraction of sp³-hybridized carbons (Fsp3) is 0.556. The molecular formula is C18H26BrNO5. The quantitative estimate of drug-likeness (QED) is 0.635. The predicted molar refractivity (Wildman–Crippen MR) is 99.2 cm³/mol. The molecule has 0 saturated carbocycles. The van der Waals surface area contributed by atoms with Crippen LogP contribution in [0.5, 0.6) is 11.5 Å². The van der Waals surface area contributed by atoms with Crippen molar-refractivity contribution in [2.45, 2.75) is 52.8 Å². The van der Waals surface area contributed by atoms with Gasteiger partial charge in [0.1, 0.15) is 16.0 Å². The Balaban J connectivity index is 3.00. The Morgan fingerprint density at radius 1 is 0.960 bits per heavy atom. The Hall–Kier alpha value is -1.76. The van der Waals surface area contributed by atoms with Crippen LogP contribution in [0.15, 0.2) is 16.6 Å². The van der Waals surface area contributed by atoms with Crippen LogP contribution < -0.4 is 9.47 Å². The first kappa shape index (κ1) is 21.3. The van der Waals surface area contributed by atoms with E-state index in [1.807, 2.05) is 27.7 Å². The molecule has 0 unspecified atom stereocenters. The second-order valence-electron chi connectivity index (χ2n) is 6.18. The number of rotatable bonds is 7. The zero-order valence-corrected chi connectivity index (χ0v) is 17.3. The van der Waals surface area contributed by atoms with Crippen LogP contribution in [0.4, 0.5) is 0 Å². The summed E-state index contributed by atoms with van der Waals surface area (Å²) >= 11 is 3.35. The zero-order chi connectivity index (χ0) is 19.3. The first-order valence-electron chi connectivity index (χ1n) is 8.08. The van der Waals surface area contributed by atoms with Gasteiger partial charge in [0.05, 0.1) is 19.8 Å². The van der Waals surface area contributed by atoms with Crippen molar-refractivity contribution in [3.05, 3.63) is 22.2 Å². The molecule has 0 heterocycles. The Morgan fingerprint density at radius 3 is 1.76 bits per heavy atom. The second kappa shape index (κ2) is 9.08. The molecular weight excluding hydrogens is 390 g/mol. The van der Waals surface area contributed by atoms with E-state index in [2.05, 4.69) is 15.9 Å². The Morgan fingerprint density at radius 2 is 1.40 bits per heavy atom. The van der Waals surface area contributed by atoms with Crippen LogP contribution in [0.25, 0.3) is 0 Å². The van der Waals surface area contributed by atoms with Gasteiger partial charge in [-0.15, -0.1) is 0 Å². The normalized spacial score (nSPS) is 12.1. The monoisotopic (exact) mass is 415 g/mol. The number of hydrogen-bond donors (Lipinski definition) is 0. The number of ether oxygens (including phenoxy) is 3. The van der Waals surface area contributed by atoms with Crippen molar-refractivity contribution in [2.75, 3.05) is 14.2 Å². The number of halogens is 1. The lowest BCUT2D eigenvalue weighted by Crippen LogP contribution is -2.47. The number of carbonyl (C=O) groups is 2. The van der Waals surface area contributed by atoms with Gasteiger partial charge in [-0.1, -0.05) is 0 Å². The predicted octanol–water partition coefficient (Wildman–Crippen LogP) is 3.66. The minimum absolute atomic E-state index is 0.0153. The molecule has 0 saturated heterocycles. The molecule has 1 amide bonds. The average Bonchev–Trinajstić information content (AvgIpc) is 2.53. The van der Waals surface area contributed by atoms with Gasteiger partial charge in [-0.05, 0) is 62.7 Å². The van der Waals surface area contributed by atoms with E-state index in [4.69, 9.17) is 14.2 Å². The van der Waals surface area contributed by atoms with Crippen molar-refractivity contribution < 1.29 is 23.8 Å². The van der Waals surface area contributed by atoms with E-state index in [0.29, 0.717) is 16.0 Å². The van der Waals surface area contributed by atoms with Crippen LogP contribution >= 0.6 is 15.9 Å². The van der Waals surface area contributed by atoms with Crippen molar-refractivity contribution in [2.24, 2.45) is 0 Å². The molecule has 7 heteroatoms. The van der Waals surface area contributed by atoms with E-state index in [9.17, 15) is 9.59 Å². The van der Waals surface area contributed by atoms with Crippen molar-refractivity contribution >= 4 is 27.8 Å². The van der Waals surface area contributed by atoms with E-state index in [-0.39, 0.29) is 23.6 Å². The lowest BCUT2D eigenvalue weighted by atomic mass is 10.2. The molecule has 6 nitrogen and oxygen atoms in total. The van der Waals surface area contributed by atoms with Gasteiger partial charge in [-0.3, -0.25) is 4.79 Å². The molecule has 0 aliphatic carbocycles. The fourth-order valence-electron chi connectivity index (χ4n) is 2.58. The van der Waals surface area contributed by atoms with Gasteiger partial charge in [-0.2, -0.15) is 0 Å². The van der Waals surface area contributed by atoms with Crippen molar-refractivity contribution in [1.82, 2.24) is 4.90 Å². The molecule has 0 spiro atoms. The maximum absolute atomic E-state index is 12.6. The van der Waals surface area contributed by atoms with Gasteiger partial charge >= 0.3 is 5.97 Å². The average molecular weight is 416 g/mol. The summed E-state index contributed by atoms with van der Waals surface area (Å²) < 4.78 is 16.4. The molecule has 0 aliphatic rings. The van der Waals surface area contributed by atoms with E-state index < -0.39 is 12.1 Å². The van der Waals surface area contributed by atoms with E-state index in [0.717, 1.165) is 0 Å². The Labute approximate surface area is 157 Å². The molecule has 1 atom stereocenters. The zero-order valence-electron chi connectivity index (χ0n) is 15.8. The first-order chi connectivity index (χ1) is 11.6. The maximum Gasteiger partial charge on any atom is 0.339 e. The Bertz CT molecular complexity index is 597. The highest BCUT2D eigenvalue weighted by molar-refractivity contribution is 9.10. The molecule has 0 bridgehead atoms. The molecule has 0 fully saturated rings. The Kier molecular flexibility index (Phi) is 7.73. The third kappa shape index (κ3) is 5.11. The highest BCUT2D eigenvalue weighted by atomic mass is 79.9. The van der Waals surface area contributed by atoms with E-state index in [1.54, 1.807) is 11.8 Å². The topological polar surface area (TPSA) is 65.1 Å². The summed E-state index contributed by atoms with van der Waals surface area (Å²) in [7, 11) is 2.98. The molecule has 1 rings (SSSR count). The number of carbonyl (C=O) groups excluding carboxylic acids is 2. The maximum atomic E-state index is 12.6. The number of amides is 1. The molecule has 1 aromatic rings. The molecule has 0 N–H and O–H groups in total. The van der Waals surface area contributed by atoms with Gasteiger partial charge < -0.3 is 19.1 Å². The lowest BCUT2D eigenvalue weighted by molar-refractivity contribution is -0.143. The number of methoxy groups -OCH3 is 2. The smallest absolute Gasteiger partial charge is 0.339 e. The summed E-state index contributed by atoms with van der Waals surface area (Å²) in [5.41, 5.74) is 0.247. The summed E-state index contributed by atoms with van der Waals surface area (Å²) in [4.78, 5) is 26.7. The molecule has 25 heavy (non-hydrogen) atoms. The molecule has 0 radical (unpaired) electrons. The minimum Gasteiger partial charge on any atom is -0.495 e. The van der Waals surface area contributed by atoms with Crippen LogP contribution in [0.2, 0.25) is 0 Å². The minimum atomic E-state index is -0.891. The number of esters is 1. The molecule has 140 valence electrons. The summed E-state index contributed by atoms with van der Waals surface area (Å²) in [5.74, 6) is 0.0411. The van der Waals surface area contributed by atoms with Crippen LogP contribution in [-0.2, 0) is 9.53 Å². The van der Waals surface area contributed by atoms with Crippen molar-refractivity contribution in [3.8, 4) is 11.5 Å². The van der Waals surface area contributed by atoms with E-state index >= 15 is 0 Å². The van der Waals surface area contributed by atoms with Crippen molar-refractivity contribution in [3.63, 3.8) is 0 Å². The van der Waals surface area contributed by atoms with Crippen LogP contribution in [0, 0.1) is 0 Å². The van der Waals surface area contributed by atoms with Gasteiger partial charge in [0.2, 0.25) is 0 Å². The fourth-order valence-corrected chi connectivity index (χ4v) is 3.13. The highest BCUT2D eigenvalue weighted by Gasteiger charge is 2.28. The molecule has 1 aromatic carbocycles. The van der Waals surface area contributed by atoms with Crippen molar-refractivity contribution in [1.29, 1.82) is 0 Å². The standard InChI is InChI=1S/C18H26BrNO5/c1-10(2)20(11(3)4)17(21)12(5)25-18(22)13-8-14(23-6)16(19)15(9-13)24-7/h8-12H,1-7H3/t12-/m1/s1. The van der Waals surface area contributed by atoms with Crippen LogP contribution in [0.1, 0.15) is 45.0 Å². The molecule has 0 aliphatic heterocycles. The van der Waals surface area contributed by atoms with Gasteiger partial charge in [0.15, 0.2) is 6.10 Å². The van der Waals surface area contributed by atoms with Crippen LogP contribution in [0.3, 0.4) is 0 Å². The lowest BCUT2D eigenvalue weighted by Gasteiger charge is -2.32. The number of benzene rings is 1. The number of nitrogens with zero attached hydrogens (tertiary/aromatic N) is 1. The van der Waals surface area contributed by atoms with Gasteiger partial charge in [0, 0.05) is 12.1 Å². The summed E-state index contributed by atoms with van der Waals surface area (Å²) in [6.07, 6.45) is -0.891. The molecule has 0 aromatic heterocycles.